The van der Waals surface area contributed by atoms with E-state index in [9.17, 15) is 0 Å². The third-order valence-corrected chi connectivity index (χ3v) is 5.65. The Labute approximate surface area is 121 Å². The summed E-state index contributed by atoms with van der Waals surface area (Å²) in [6.45, 7) is 7.52. The molecule has 0 amide bonds. The lowest BCUT2D eigenvalue weighted by molar-refractivity contribution is 0.221. The molecule has 0 aromatic heterocycles. The van der Waals surface area contributed by atoms with Crippen molar-refractivity contribution in [3.05, 3.63) is 24.3 Å². The van der Waals surface area contributed by atoms with Crippen LogP contribution in [0.25, 0.3) is 0 Å². The highest BCUT2D eigenvalue weighted by Crippen LogP contribution is 2.40. The van der Waals surface area contributed by atoms with E-state index >= 15 is 0 Å². The molecule has 3 atom stereocenters. The number of nitrogens with two attached hydrogens (primary N) is 1. The van der Waals surface area contributed by atoms with Gasteiger partial charge in [0.15, 0.2) is 0 Å². The Hall–Kier alpha value is -1.22. The van der Waals surface area contributed by atoms with Gasteiger partial charge in [-0.1, -0.05) is 0 Å². The quantitative estimate of drug-likeness (QED) is 0.857. The van der Waals surface area contributed by atoms with Crippen molar-refractivity contribution in [2.24, 2.45) is 17.8 Å². The maximum atomic E-state index is 5.78. The maximum Gasteiger partial charge on any atom is 0.0367 e. The molecule has 108 valence electrons. The zero-order valence-corrected chi connectivity index (χ0v) is 12.3. The Balaban J connectivity index is 1.40. The van der Waals surface area contributed by atoms with Gasteiger partial charge in [0.25, 0.3) is 0 Å². The van der Waals surface area contributed by atoms with Crippen LogP contribution >= 0.6 is 0 Å². The Morgan fingerprint density at radius 1 is 1.00 bits per heavy atom. The molecule has 1 saturated carbocycles. The Morgan fingerprint density at radius 3 is 2.15 bits per heavy atom. The maximum absolute atomic E-state index is 5.78. The van der Waals surface area contributed by atoms with Crippen LogP contribution in [-0.2, 0) is 0 Å². The number of likely N-dealkylation sites (tertiary alicyclic amines) is 1. The molecule has 0 bridgehead atoms. The molecule has 0 radical (unpaired) electrons. The average Bonchev–Trinajstić information content (AvgIpc) is 3.10. The van der Waals surface area contributed by atoms with Crippen molar-refractivity contribution in [1.82, 2.24) is 4.90 Å². The van der Waals surface area contributed by atoms with Crippen LogP contribution in [0.5, 0.6) is 0 Å². The molecule has 3 nitrogen and oxygen atoms in total. The highest BCUT2D eigenvalue weighted by atomic mass is 15.3. The average molecular weight is 271 g/mol. The number of nitrogen functional groups attached to an aromatic ring is 1. The molecule has 1 unspecified atom stereocenters. The van der Waals surface area contributed by atoms with Crippen LogP contribution < -0.4 is 10.6 Å². The van der Waals surface area contributed by atoms with Gasteiger partial charge < -0.3 is 10.6 Å². The zero-order chi connectivity index (χ0) is 13.7. The Kier molecular flexibility index (Phi) is 2.92. The predicted octanol–water partition coefficient (Wildman–Crippen LogP) is 2.44. The minimum atomic E-state index is 0.825. The lowest BCUT2D eigenvalue weighted by Crippen LogP contribution is -2.35. The lowest BCUT2D eigenvalue weighted by Gasteiger charge is -2.27. The molecule has 20 heavy (non-hydrogen) atoms. The molecular formula is C17H25N3. The molecule has 3 aliphatic rings. The van der Waals surface area contributed by atoms with Gasteiger partial charge in [-0.15, -0.1) is 0 Å². The van der Waals surface area contributed by atoms with Crippen LogP contribution in [0.1, 0.15) is 19.8 Å². The summed E-state index contributed by atoms with van der Waals surface area (Å²) in [5, 5.41) is 0. The van der Waals surface area contributed by atoms with Crippen molar-refractivity contribution in [3.8, 4) is 0 Å². The summed E-state index contributed by atoms with van der Waals surface area (Å²) in [6, 6.07) is 9.20. The fourth-order valence-electron chi connectivity index (χ4n) is 4.13. The first-order valence-corrected chi connectivity index (χ1v) is 8.05. The normalized spacial score (nSPS) is 31.6. The third kappa shape index (κ3) is 2.18. The summed E-state index contributed by atoms with van der Waals surface area (Å²) in [4.78, 5) is 5.31. The number of hydrogen-bond donors (Lipinski definition) is 1. The molecule has 2 saturated heterocycles. The summed E-state index contributed by atoms with van der Waals surface area (Å²) in [6.07, 6.45) is 2.93. The highest BCUT2D eigenvalue weighted by molar-refractivity contribution is 5.54. The molecular weight excluding hydrogens is 246 g/mol. The van der Waals surface area contributed by atoms with E-state index < -0.39 is 0 Å². The van der Waals surface area contributed by atoms with Crippen molar-refractivity contribution < 1.29 is 0 Å². The van der Waals surface area contributed by atoms with Crippen LogP contribution in [0.2, 0.25) is 0 Å². The lowest BCUT2D eigenvalue weighted by atomic mass is 10.0. The van der Waals surface area contributed by atoms with Gasteiger partial charge in [0.2, 0.25) is 0 Å². The van der Waals surface area contributed by atoms with Crippen LogP contribution in [-0.4, -0.2) is 37.1 Å². The van der Waals surface area contributed by atoms with Crippen molar-refractivity contribution >= 4 is 11.4 Å². The zero-order valence-electron chi connectivity index (χ0n) is 12.3. The largest absolute Gasteiger partial charge is 0.399 e. The standard InChI is InChI=1S/C17H25N3/c1-12(13-2-3-13)19-8-14-10-20(11-15(14)9-19)17-6-4-16(18)5-7-17/h4-7,12-15H,2-3,8-11,18H2,1H3/t12?,14-,15+. The van der Waals surface area contributed by atoms with Gasteiger partial charge in [-0.25, -0.2) is 0 Å². The first kappa shape index (κ1) is 12.5. The third-order valence-electron chi connectivity index (χ3n) is 5.65. The minimum Gasteiger partial charge on any atom is -0.399 e. The van der Waals surface area contributed by atoms with E-state index in [-0.39, 0.29) is 0 Å². The number of nitrogens with zero attached hydrogens (tertiary/aromatic N) is 2. The highest BCUT2D eigenvalue weighted by Gasteiger charge is 2.43. The number of anilines is 2. The SMILES string of the molecule is CC(C1CC1)N1C[C@H]2CN(c3ccc(N)cc3)C[C@H]2C1. The summed E-state index contributed by atoms with van der Waals surface area (Å²) in [5.74, 6) is 2.74. The van der Waals surface area contributed by atoms with Gasteiger partial charge in [-0.3, -0.25) is 4.90 Å². The molecule has 1 aromatic carbocycles. The van der Waals surface area contributed by atoms with Gasteiger partial charge in [-0.05, 0) is 61.8 Å². The van der Waals surface area contributed by atoms with Gasteiger partial charge >= 0.3 is 0 Å². The van der Waals surface area contributed by atoms with Crippen molar-refractivity contribution in [1.29, 1.82) is 0 Å². The molecule has 3 fully saturated rings. The minimum absolute atomic E-state index is 0.825. The van der Waals surface area contributed by atoms with Crippen LogP contribution in [0, 0.1) is 17.8 Å². The van der Waals surface area contributed by atoms with E-state index in [2.05, 4.69) is 28.9 Å². The number of fused-ring (bicyclic) bond motifs is 1. The second-order valence-corrected chi connectivity index (χ2v) is 7.05. The Morgan fingerprint density at radius 2 is 1.60 bits per heavy atom. The van der Waals surface area contributed by atoms with Crippen LogP contribution in [0.15, 0.2) is 24.3 Å². The topological polar surface area (TPSA) is 32.5 Å². The second-order valence-electron chi connectivity index (χ2n) is 7.05. The number of benzene rings is 1. The molecule has 2 N–H and O–H groups in total. The summed E-state index contributed by atoms with van der Waals surface area (Å²) >= 11 is 0. The van der Waals surface area contributed by atoms with E-state index in [4.69, 9.17) is 5.73 Å². The molecule has 0 spiro atoms. The van der Waals surface area contributed by atoms with Crippen molar-refractivity contribution in [2.75, 3.05) is 36.8 Å². The smallest absolute Gasteiger partial charge is 0.0367 e. The first-order chi connectivity index (χ1) is 9.70. The monoisotopic (exact) mass is 271 g/mol. The number of rotatable bonds is 3. The van der Waals surface area contributed by atoms with E-state index in [0.717, 1.165) is 29.5 Å². The predicted molar refractivity (Wildman–Crippen MR) is 83.8 cm³/mol. The van der Waals surface area contributed by atoms with E-state index in [1.807, 2.05) is 12.1 Å². The molecule has 3 heteroatoms. The fourth-order valence-corrected chi connectivity index (χ4v) is 4.13. The summed E-state index contributed by atoms with van der Waals surface area (Å²) in [7, 11) is 0. The van der Waals surface area contributed by atoms with Crippen LogP contribution in [0.3, 0.4) is 0 Å². The molecule has 2 heterocycles. The van der Waals surface area contributed by atoms with Crippen molar-refractivity contribution in [2.45, 2.75) is 25.8 Å². The molecule has 1 aliphatic carbocycles. The summed E-state index contributed by atoms with van der Waals surface area (Å²) < 4.78 is 0. The summed E-state index contributed by atoms with van der Waals surface area (Å²) in [5.41, 5.74) is 7.98. The van der Waals surface area contributed by atoms with Gasteiger partial charge in [-0.2, -0.15) is 0 Å². The molecule has 1 aromatic rings. The van der Waals surface area contributed by atoms with E-state index in [0.29, 0.717) is 0 Å². The molecule has 4 rings (SSSR count). The van der Waals surface area contributed by atoms with E-state index in [1.54, 1.807) is 0 Å². The van der Waals surface area contributed by atoms with Gasteiger partial charge in [0.05, 0.1) is 0 Å². The van der Waals surface area contributed by atoms with E-state index in [1.165, 1.54) is 44.7 Å². The second kappa shape index (κ2) is 4.66. The fraction of sp³-hybridized carbons (Fsp3) is 0.647. The number of hydrogen-bond acceptors (Lipinski definition) is 3. The van der Waals surface area contributed by atoms with Crippen molar-refractivity contribution in [3.63, 3.8) is 0 Å². The first-order valence-electron chi connectivity index (χ1n) is 8.05. The Bertz CT molecular complexity index is 466. The van der Waals surface area contributed by atoms with Gasteiger partial charge in [0, 0.05) is 43.6 Å². The van der Waals surface area contributed by atoms with Gasteiger partial charge in [0.1, 0.15) is 0 Å². The molecule has 2 aliphatic heterocycles. The van der Waals surface area contributed by atoms with Crippen LogP contribution in [0.4, 0.5) is 11.4 Å².